The predicted molar refractivity (Wildman–Crippen MR) is 75.1 cm³/mol. The molecular formula is C9H10BrCl2N3S. The molecule has 0 aliphatic carbocycles. The van der Waals surface area contributed by atoms with Gasteiger partial charge < -0.3 is 5.32 Å². The van der Waals surface area contributed by atoms with Gasteiger partial charge in [0.05, 0.1) is 5.69 Å². The van der Waals surface area contributed by atoms with E-state index in [4.69, 9.17) is 11.6 Å². The molecule has 16 heavy (non-hydrogen) atoms. The topological polar surface area (TPSA) is 29.3 Å². The fraction of sp³-hybridized carbons (Fsp3) is 0.222. The average molecular weight is 343 g/mol. The molecule has 0 spiro atoms. The van der Waals surface area contributed by atoms with Crippen molar-refractivity contribution < 1.29 is 0 Å². The Bertz CT molecular complexity index is 494. The van der Waals surface area contributed by atoms with Crippen LogP contribution in [0.25, 0.3) is 4.96 Å². The van der Waals surface area contributed by atoms with Gasteiger partial charge in [0, 0.05) is 29.1 Å². The van der Waals surface area contributed by atoms with Crippen molar-refractivity contribution >= 4 is 56.2 Å². The number of imidazole rings is 1. The minimum absolute atomic E-state index is 0. The summed E-state index contributed by atoms with van der Waals surface area (Å²) in [6.07, 6.45) is 1.97. The van der Waals surface area contributed by atoms with Gasteiger partial charge in [-0.05, 0) is 0 Å². The van der Waals surface area contributed by atoms with Crippen molar-refractivity contribution in [1.29, 1.82) is 0 Å². The van der Waals surface area contributed by atoms with Gasteiger partial charge in [0.15, 0.2) is 10.1 Å². The second kappa shape index (κ2) is 6.02. The maximum Gasteiger partial charge on any atom is 0.195 e. The van der Waals surface area contributed by atoms with Gasteiger partial charge >= 0.3 is 0 Å². The fourth-order valence-corrected chi connectivity index (χ4v) is 2.50. The van der Waals surface area contributed by atoms with Gasteiger partial charge in [-0.3, -0.25) is 4.40 Å². The molecule has 0 saturated carbocycles. The van der Waals surface area contributed by atoms with Crippen LogP contribution in [-0.4, -0.2) is 15.9 Å². The highest BCUT2D eigenvalue weighted by Gasteiger charge is 2.10. The molecule has 0 radical (unpaired) electrons. The van der Waals surface area contributed by atoms with Crippen LogP contribution in [0.15, 0.2) is 22.6 Å². The van der Waals surface area contributed by atoms with Crippen LogP contribution in [0.1, 0.15) is 5.69 Å². The second-order valence-electron chi connectivity index (χ2n) is 3.03. The Labute approximate surface area is 117 Å². The molecule has 0 atom stereocenters. The van der Waals surface area contributed by atoms with Crippen LogP contribution in [-0.2, 0) is 6.54 Å². The summed E-state index contributed by atoms with van der Waals surface area (Å²) in [4.78, 5) is 5.17. The molecule has 0 amide bonds. The van der Waals surface area contributed by atoms with E-state index < -0.39 is 0 Å². The van der Waals surface area contributed by atoms with Crippen molar-refractivity contribution in [2.24, 2.45) is 0 Å². The molecule has 0 bridgehead atoms. The smallest absolute Gasteiger partial charge is 0.195 e. The molecule has 0 unspecified atom stereocenters. The van der Waals surface area contributed by atoms with Crippen LogP contribution in [0, 0.1) is 0 Å². The number of fused-ring (bicyclic) bond motifs is 1. The summed E-state index contributed by atoms with van der Waals surface area (Å²) >= 11 is 10.9. The SMILES string of the molecule is C=C(Br)CNCc1c(Cl)nc2sccn12.Cl. The van der Waals surface area contributed by atoms with Gasteiger partial charge in [0.25, 0.3) is 0 Å². The molecule has 2 heterocycles. The molecule has 0 aromatic carbocycles. The van der Waals surface area contributed by atoms with E-state index in [9.17, 15) is 0 Å². The third-order valence-corrected chi connectivity index (χ3v) is 3.26. The summed E-state index contributed by atoms with van der Waals surface area (Å²) in [5.74, 6) is 0. The summed E-state index contributed by atoms with van der Waals surface area (Å²) in [5.41, 5.74) is 0.988. The lowest BCUT2D eigenvalue weighted by Crippen LogP contribution is -2.15. The first-order valence-corrected chi connectivity index (χ1v) is 6.37. The molecule has 88 valence electrons. The van der Waals surface area contributed by atoms with E-state index in [0.717, 1.165) is 15.1 Å². The largest absolute Gasteiger partial charge is 0.306 e. The molecule has 0 fully saturated rings. The standard InChI is InChI=1S/C9H9BrClN3S.ClH/c1-6(10)4-12-5-7-8(11)13-9-14(7)2-3-15-9;/h2-3,12H,1,4-5H2;1H. The van der Waals surface area contributed by atoms with Crippen molar-refractivity contribution in [2.45, 2.75) is 6.54 Å². The lowest BCUT2D eigenvalue weighted by molar-refractivity contribution is 0.733. The van der Waals surface area contributed by atoms with E-state index in [1.54, 1.807) is 11.3 Å². The number of thiazole rings is 1. The molecule has 1 N–H and O–H groups in total. The molecule has 0 saturated heterocycles. The molecule has 7 heteroatoms. The van der Waals surface area contributed by atoms with Crippen LogP contribution in [0.3, 0.4) is 0 Å². The Balaban J connectivity index is 0.00000128. The van der Waals surface area contributed by atoms with Crippen molar-refractivity contribution in [3.05, 3.63) is 33.5 Å². The summed E-state index contributed by atoms with van der Waals surface area (Å²) in [6.45, 7) is 5.15. The zero-order valence-electron chi connectivity index (χ0n) is 8.24. The van der Waals surface area contributed by atoms with Crippen LogP contribution in [0.2, 0.25) is 5.15 Å². The highest BCUT2D eigenvalue weighted by molar-refractivity contribution is 9.11. The Kier molecular flexibility index (Phi) is 5.27. The Morgan fingerprint density at radius 2 is 2.44 bits per heavy atom. The van der Waals surface area contributed by atoms with Crippen molar-refractivity contribution in [3.8, 4) is 0 Å². The van der Waals surface area contributed by atoms with Gasteiger partial charge in [0.1, 0.15) is 0 Å². The van der Waals surface area contributed by atoms with Gasteiger partial charge in [-0.2, -0.15) is 0 Å². The summed E-state index contributed by atoms with van der Waals surface area (Å²) in [7, 11) is 0. The van der Waals surface area contributed by atoms with Gasteiger partial charge in [-0.1, -0.05) is 34.1 Å². The van der Waals surface area contributed by atoms with Crippen LogP contribution in [0.4, 0.5) is 0 Å². The normalized spacial score (nSPS) is 10.4. The fourth-order valence-electron chi connectivity index (χ4n) is 1.28. The number of rotatable bonds is 4. The first kappa shape index (κ1) is 14.0. The molecule has 2 aromatic rings. The van der Waals surface area contributed by atoms with Crippen LogP contribution < -0.4 is 5.32 Å². The first-order chi connectivity index (χ1) is 7.18. The van der Waals surface area contributed by atoms with E-state index >= 15 is 0 Å². The summed E-state index contributed by atoms with van der Waals surface area (Å²) in [6, 6.07) is 0. The minimum Gasteiger partial charge on any atom is -0.306 e. The first-order valence-electron chi connectivity index (χ1n) is 4.32. The quantitative estimate of drug-likeness (QED) is 0.921. The monoisotopic (exact) mass is 341 g/mol. The van der Waals surface area contributed by atoms with E-state index in [1.807, 2.05) is 16.0 Å². The zero-order valence-corrected chi connectivity index (χ0v) is 12.2. The van der Waals surface area contributed by atoms with E-state index in [1.165, 1.54) is 0 Å². The molecule has 2 aromatic heterocycles. The lowest BCUT2D eigenvalue weighted by Gasteiger charge is -2.02. The molecule has 2 rings (SSSR count). The van der Waals surface area contributed by atoms with Crippen LogP contribution >= 0.6 is 51.3 Å². The average Bonchev–Trinajstić information content (AvgIpc) is 2.68. The number of hydrogen-bond acceptors (Lipinski definition) is 3. The van der Waals surface area contributed by atoms with Gasteiger partial charge in [-0.15, -0.1) is 23.7 Å². The Morgan fingerprint density at radius 1 is 1.69 bits per heavy atom. The van der Waals surface area contributed by atoms with Gasteiger partial charge in [-0.25, -0.2) is 4.98 Å². The molecular weight excluding hydrogens is 333 g/mol. The third kappa shape index (κ3) is 2.99. The zero-order chi connectivity index (χ0) is 10.8. The number of hydrogen-bond donors (Lipinski definition) is 1. The highest BCUT2D eigenvalue weighted by atomic mass is 79.9. The van der Waals surface area contributed by atoms with E-state index in [-0.39, 0.29) is 12.4 Å². The maximum absolute atomic E-state index is 6.02. The second-order valence-corrected chi connectivity index (χ2v) is 5.38. The minimum atomic E-state index is 0. The Morgan fingerprint density at radius 3 is 3.12 bits per heavy atom. The predicted octanol–water partition coefficient (Wildman–Crippen LogP) is 3.47. The highest BCUT2D eigenvalue weighted by Crippen LogP contribution is 2.20. The van der Waals surface area contributed by atoms with Gasteiger partial charge in [0.2, 0.25) is 0 Å². The molecule has 3 nitrogen and oxygen atoms in total. The molecule has 0 aliphatic heterocycles. The molecule has 0 aliphatic rings. The van der Waals surface area contributed by atoms with Crippen LogP contribution in [0.5, 0.6) is 0 Å². The summed E-state index contributed by atoms with van der Waals surface area (Å²) < 4.78 is 2.92. The summed E-state index contributed by atoms with van der Waals surface area (Å²) in [5, 5.41) is 5.78. The van der Waals surface area contributed by atoms with E-state index in [2.05, 4.69) is 32.8 Å². The third-order valence-electron chi connectivity index (χ3n) is 1.92. The number of nitrogens with one attached hydrogen (secondary N) is 1. The van der Waals surface area contributed by atoms with E-state index in [0.29, 0.717) is 18.2 Å². The number of aromatic nitrogens is 2. The lowest BCUT2D eigenvalue weighted by atomic mass is 10.4. The van der Waals surface area contributed by atoms with Crippen molar-refractivity contribution in [1.82, 2.24) is 14.7 Å². The number of halogens is 3. The van der Waals surface area contributed by atoms with Crippen molar-refractivity contribution in [2.75, 3.05) is 6.54 Å². The Hall–Kier alpha value is -0.0700. The maximum atomic E-state index is 6.02. The van der Waals surface area contributed by atoms with Crippen molar-refractivity contribution in [3.63, 3.8) is 0 Å². The number of nitrogens with zero attached hydrogens (tertiary/aromatic N) is 2.